The van der Waals surface area contributed by atoms with Gasteiger partial charge in [0.25, 0.3) is 11.5 Å². The molecule has 0 saturated carbocycles. The van der Waals surface area contributed by atoms with Gasteiger partial charge in [0, 0.05) is 28.4 Å². The quantitative estimate of drug-likeness (QED) is 0.606. The van der Waals surface area contributed by atoms with Crippen LogP contribution in [0.2, 0.25) is 5.02 Å². The van der Waals surface area contributed by atoms with Crippen molar-refractivity contribution in [2.75, 3.05) is 5.32 Å². The molecule has 1 N–H and O–H groups in total. The van der Waals surface area contributed by atoms with Crippen molar-refractivity contribution in [3.63, 3.8) is 0 Å². The second-order valence-electron chi connectivity index (χ2n) is 6.74. The molecule has 0 spiro atoms. The van der Waals surface area contributed by atoms with Crippen molar-refractivity contribution in [3.8, 4) is 11.6 Å². The van der Waals surface area contributed by atoms with Crippen molar-refractivity contribution in [1.29, 1.82) is 0 Å². The van der Waals surface area contributed by atoms with Crippen LogP contribution in [0.5, 0.6) is 5.88 Å². The van der Waals surface area contributed by atoms with Gasteiger partial charge in [-0.3, -0.25) is 14.4 Å². The number of aromatic nitrogens is 2. The van der Waals surface area contributed by atoms with Gasteiger partial charge < -0.3 is 10.1 Å². The molecule has 1 atom stereocenters. The molecule has 1 aromatic heterocycles. The Hall–Kier alpha value is -3.45. The minimum absolute atomic E-state index is 0.0989. The maximum Gasteiger partial charge on any atom is 0.271 e. The summed E-state index contributed by atoms with van der Waals surface area (Å²) < 4.78 is 6.81. The molecule has 7 nitrogen and oxygen atoms in total. The van der Waals surface area contributed by atoms with Gasteiger partial charge in [0.15, 0.2) is 11.9 Å². The van der Waals surface area contributed by atoms with Crippen LogP contribution in [0.25, 0.3) is 5.69 Å². The maximum atomic E-state index is 12.5. The summed E-state index contributed by atoms with van der Waals surface area (Å²) >= 11 is 6.04. The van der Waals surface area contributed by atoms with Gasteiger partial charge in [-0.25, -0.2) is 0 Å². The molecule has 3 aromatic rings. The van der Waals surface area contributed by atoms with Gasteiger partial charge in [0.05, 0.1) is 5.69 Å². The van der Waals surface area contributed by atoms with Gasteiger partial charge in [0.2, 0.25) is 5.88 Å². The normalized spacial score (nSPS) is 11.6. The van der Waals surface area contributed by atoms with E-state index in [9.17, 15) is 14.4 Å². The third kappa shape index (κ3) is 4.93. The van der Waals surface area contributed by atoms with E-state index in [1.807, 2.05) is 6.92 Å². The van der Waals surface area contributed by atoms with E-state index in [1.165, 1.54) is 23.7 Å². The molecule has 0 unspecified atom stereocenters. The zero-order chi connectivity index (χ0) is 21.8. The van der Waals surface area contributed by atoms with Crippen LogP contribution in [-0.4, -0.2) is 27.6 Å². The third-order valence-electron chi connectivity index (χ3n) is 4.38. The summed E-state index contributed by atoms with van der Waals surface area (Å²) in [6.07, 6.45) is -0.898. The fraction of sp³-hybridized carbons (Fsp3) is 0.182. The number of carbonyl (C=O) groups excluding carboxylic acids is 2. The van der Waals surface area contributed by atoms with Crippen LogP contribution in [0.15, 0.2) is 59.4 Å². The largest absolute Gasteiger partial charge is 0.463 e. The van der Waals surface area contributed by atoms with E-state index in [0.717, 1.165) is 5.56 Å². The number of nitrogens with zero attached hydrogens (tertiary/aromatic N) is 2. The number of ether oxygens (including phenoxy) is 1. The van der Waals surface area contributed by atoms with Crippen molar-refractivity contribution in [2.24, 2.45) is 0 Å². The summed E-state index contributed by atoms with van der Waals surface area (Å²) in [7, 11) is 0. The van der Waals surface area contributed by atoms with E-state index in [-0.39, 0.29) is 17.2 Å². The Morgan fingerprint density at radius 3 is 2.63 bits per heavy atom. The number of aryl methyl sites for hydroxylation is 1. The molecule has 0 bridgehead atoms. The smallest absolute Gasteiger partial charge is 0.271 e. The maximum absolute atomic E-state index is 12.5. The summed E-state index contributed by atoms with van der Waals surface area (Å²) in [6.45, 7) is 4.85. The van der Waals surface area contributed by atoms with Gasteiger partial charge in [-0.1, -0.05) is 29.8 Å². The molecule has 0 aliphatic carbocycles. The standard InChI is InChI=1S/C22H20ClN3O4/c1-13-7-8-17(23)12-19(13)26-21(28)10-9-20(25-26)30-15(3)22(29)24-18-6-4-5-16(11-18)14(2)27/h4-12,15H,1-3H3,(H,24,29)/t15-/m0/s1. The number of hydrogen-bond acceptors (Lipinski definition) is 5. The molecular weight excluding hydrogens is 406 g/mol. The highest BCUT2D eigenvalue weighted by atomic mass is 35.5. The third-order valence-corrected chi connectivity index (χ3v) is 4.61. The minimum atomic E-state index is -0.898. The molecule has 30 heavy (non-hydrogen) atoms. The van der Waals surface area contributed by atoms with E-state index in [2.05, 4.69) is 10.4 Å². The van der Waals surface area contributed by atoms with Gasteiger partial charge in [-0.05, 0) is 50.6 Å². The van der Waals surface area contributed by atoms with Crippen molar-refractivity contribution in [2.45, 2.75) is 26.9 Å². The number of benzene rings is 2. The number of halogens is 1. The van der Waals surface area contributed by atoms with Crippen molar-refractivity contribution < 1.29 is 14.3 Å². The topological polar surface area (TPSA) is 90.3 Å². The molecule has 1 amide bonds. The Morgan fingerprint density at radius 1 is 1.13 bits per heavy atom. The minimum Gasteiger partial charge on any atom is -0.463 e. The van der Waals surface area contributed by atoms with Gasteiger partial charge in [-0.2, -0.15) is 4.68 Å². The molecule has 2 aromatic carbocycles. The molecule has 3 rings (SSSR count). The first-order chi connectivity index (χ1) is 14.2. The van der Waals surface area contributed by atoms with Crippen LogP contribution >= 0.6 is 11.6 Å². The first-order valence-electron chi connectivity index (χ1n) is 9.20. The SMILES string of the molecule is CC(=O)c1cccc(NC(=O)[C@H](C)Oc2ccc(=O)n(-c3cc(Cl)ccc3C)n2)c1. The van der Waals surface area contributed by atoms with Crippen LogP contribution < -0.4 is 15.6 Å². The Kier molecular flexibility index (Phi) is 6.32. The highest BCUT2D eigenvalue weighted by Gasteiger charge is 2.17. The summed E-state index contributed by atoms with van der Waals surface area (Å²) in [4.78, 5) is 36.3. The predicted octanol–water partition coefficient (Wildman–Crippen LogP) is 3.80. The molecule has 0 radical (unpaired) electrons. The van der Waals surface area contributed by atoms with E-state index < -0.39 is 12.0 Å². The Morgan fingerprint density at radius 2 is 1.90 bits per heavy atom. The number of rotatable bonds is 6. The number of nitrogens with one attached hydrogen (secondary N) is 1. The lowest BCUT2D eigenvalue weighted by atomic mass is 10.1. The van der Waals surface area contributed by atoms with E-state index in [4.69, 9.17) is 16.3 Å². The van der Waals surface area contributed by atoms with E-state index in [0.29, 0.717) is 22.0 Å². The molecular formula is C22H20ClN3O4. The zero-order valence-electron chi connectivity index (χ0n) is 16.7. The number of anilines is 1. The second-order valence-corrected chi connectivity index (χ2v) is 7.18. The first kappa shape index (κ1) is 21.3. The average Bonchev–Trinajstić information content (AvgIpc) is 2.71. The lowest BCUT2D eigenvalue weighted by Crippen LogP contribution is -2.31. The molecule has 0 aliphatic heterocycles. The van der Waals surface area contributed by atoms with Crippen LogP contribution in [-0.2, 0) is 4.79 Å². The molecule has 0 aliphatic rings. The van der Waals surface area contributed by atoms with Crippen molar-refractivity contribution in [1.82, 2.24) is 9.78 Å². The fourth-order valence-electron chi connectivity index (χ4n) is 2.73. The Balaban J connectivity index is 1.78. The highest BCUT2D eigenvalue weighted by molar-refractivity contribution is 6.30. The summed E-state index contributed by atoms with van der Waals surface area (Å²) in [5.41, 5.74) is 1.95. The molecule has 0 fully saturated rings. The Bertz CT molecular complexity index is 1170. The van der Waals surface area contributed by atoms with E-state index >= 15 is 0 Å². The zero-order valence-corrected chi connectivity index (χ0v) is 17.4. The first-order valence-corrected chi connectivity index (χ1v) is 9.58. The predicted molar refractivity (Wildman–Crippen MR) is 115 cm³/mol. The molecule has 8 heteroatoms. The van der Waals surface area contributed by atoms with Crippen LogP contribution in [0, 0.1) is 6.92 Å². The lowest BCUT2D eigenvalue weighted by molar-refractivity contribution is -0.122. The average molecular weight is 426 g/mol. The summed E-state index contributed by atoms with van der Waals surface area (Å²) in [6, 6.07) is 14.5. The number of amides is 1. The van der Waals surface area contributed by atoms with Crippen molar-refractivity contribution in [3.05, 3.63) is 81.1 Å². The lowest BCUT2D eigenvalue weighted by Gasteiger charge is -2.15. The van der Waals surface area contributed by atoms with Crippen LogP contribution in [0.3, 0.4) is 0 Å². The van der Waals surface area contributed by atoms with Gasteiger partial charge in [0.1, 0.15) is 0 Å². The molecule has 0 saturated heterocycles. The molecule has 1 heterocycles. The summed E-state index contributed by atoms with van der Waals surface area (Å²) in [5, 5.41) is 7.38. The molecule has 154 valence electrons. The monoisotopic (exact) mass is 425 g/mol. The number of hydrogen-bond donors (Lipinski definition) is 1. The van der Waals surface area contributed by atoms with E-state index in [1.54, 1.807) is 49.4 Å². The second kappa shape index (κ2) is 8.92. The van der Waals surface area contributed by atoms with Crippen molar-refractivity contribution >= 4 is 29.0 Å². The van der Waals surface area contributed by atoms with Gasteiger partial charge >= 0.3 is 0 Å². The Labute approximate surface area is 178 Å². The number of Topliss-reactive ketones (excluding diaryl/α,β-unsaturated/α-hetero) is 1. The number of carbonyl (C=O) groups is 2. The van der Waals surface area contributed by atoms with Gasteiger partial charge in [-0.15, -0.1) is 5.10 Å². The number of ketones is 1. The highest BCUT2D eigenvalue weighted by Crippen LogP contribution is 2.19. The fourth-order valence-corrected chi connectivity index (χ4v) is 2.90. The van der Waals surface area contributed by atoms with Crippen LogP contribution in [0.4, 0.5) is 5.69 Å². The summed E-state index contributed by atoms with van der Waals surface area (Å²) in [5.74, 6) is -0.415. The van der Waals surface area contributed by atoms with Crippen LogP contribution in [0.1, 0.15) is 29.8 Å².